The molecule has 2 bridgehead atoms. The Morgan fingerprint density at radius 2 is 1.74 bits per heavy atom. The van der Waals surface area contributed by atoms with Crippen molar-refractivity contribution in [3.8, 4) is 0 Å². The lowest BCUT2D eigenvalue weighted by atomic mass is 9.82. The highest BCUT2D eigenvalue weighted by atomic mass is 32.1. The zero-order valence-electron chi connectivity index (χ0n) is 19.5. The highest BCUT2D eigenvalue weighted by Crippen LogP contribution is 2.37. The molecule has 5 nitrogen and oxygen atoms in total. The average Bonchev–Trinajstić information content (AvgIpc) is 3.31. The number of quaternary nitrogens is 1. The van der Waals surface area contributed by atoms with Crippen molar-refractivity contribution in [2.24, 2.45) is 5.92 Å². The van der Waals surface area contributed by atoms with Gasteiger partial charge in [0.25, 0.3) is 0 Å². The number of carbonyl (C=O) groups is 2. The highest BCUT2D eigenvalue weighted by Gasteiger charge is 2.49. The van der Waals surface area contributed by atoms with Crippen LogP contribution in [0.25, 0.3) is 0 Å². The van der Waals surface area contributed by atoms with Gasteiger partial charge in [0.2, 0.25) is 5.78 Å². The Labute approximate surface area is 205 Å². The van der Waals surface area contributed by atoms with Crippen LogP contribution >= 0.6 is 11.3 Å². The number of aryl methyl sites for hydroxylation is 1. The first-order valence-corrected chi connectivity index (χ1v) is 12.9. The van der Waals surface area contributed by atoms with Gasteiger partial charge in [-0.15, -0.1) is 11.3 Å². The smallest absolute Gasteiger partial charge is 0.333 e. The van der Waals surface area contributed by atoms with Gasteiger partial charge in [-0.05, 0) is 30.7 Å². The molecule has 3 fully saturated rings. The van der Waals surface area contributed by atoms with Gasteiger partial charge in [-0.1, -0.05) is 48.5 Å². The number of thiophene rings is 1. The molecule has 34 heavy (non-hydrogen) atoms. The Bertz CT molecular complexity index is 1140. The van der Waals surface area contributed by atoms with E-state index in [1.807, 2.05) is 79.0 Å². The van der Waals surface area contributed by atoms with Crippen LogP contribution in [0.2, 0.25) is 0 Å². The predicted molar refractivity (Wildman–Crippen MR) is 135 cm³/mol. The lowest BCUT2D eigenvalue weighted by Gasteiger charge is -2.51. The minimum absolute atomic E-state index is 0.157. The molecule has 6 rings (SSSR count). The van der Waals surface area contributed by atoms with E-state index in [-0.39, 0.29) is 17.9 Å². The summed E-state index contributed by atoms with van der Waals surface area (Å²) in [5, 5.41) is 5.32. The maximum Gasteiger partial charge on any atom is 0.333 e. The first kappa shape index (κ1) is 22.8. The number of Topliss-reactive ketones (excluding diaryl/α,β-unsaturated/α-hetero) is 1. The number of benzene rings is 2. The fraction of sp³-hybridized carbons (Fsp3) is 0.357. The lowest BCUT2D eigenvalue weighted by molar-refractivity contribution is -0.938. The zero-order chi connectivity index (χ0) is 23.5. The van der Waals surface area contributed by atoms with E-state index in [9.17, 15) is 9.59 Å². The molecule has 0 aliphatic carbocycles. The van der Waals surface area contributed by atoms with Crippen LogP contribution in [0.3, 0.4) is 0 Å². The Morgan fingerprint density at radius 3 is 2.38 bits per heavy atom. The van der Waals surface area contributed by atoms with Crippen molar-refractivity contribution >= 4 is 28.8 Å². The Morgan fingerprint density at radius 1 is 1.06 bits per heavy atom. The predicted octanol–water partition coefficient (Wildman–Crippen LogP) is 5.24. The van der Waals surface area contributed by atoms with Gasteiger partial charge in [-0.25, -0.2) is 4.79 Å². The van der Waals surface area contributed by atoms with Gasteiger partial charge in [0.05, 0.1) is 13.1 Å². The molecule has 176 valence electrons. The number of carbonyl (C=O) groups excluding carboxylic acids is 2. The summed E-state index contributed by atoms with van der Waals surface area (Å²) in [6, 6.07) is 20.9. The van der Waals surface area contributed by atoms with Crippen LogP contribution in [-0.2, 0) is 9.53 Å². The van der Waals surface area contributed by atoms with E-state index in [0.717, 1.165) is 58.7 Å². The number of piperidine rings is 3. The second-order valence-corrected chi connectivity index (χ2v) is 10.8. The van der Waals surface area contributed by atoms with Crippen molar-refractivity contribution in [1.82, 2.24) is 0 Å². The van der Waals surface area contributed by atoms with Crippen LogP contribution in [0, 0.1) is 12.8 Å². The van der Waals surface area contributed by atoms with E-state index in [1.54, 1.807) is 11.3 Å². The third kappa shape index (κ3) is 4.93. The SMILES string of the molecule is Cc1cc(C(=O)C[N+]23CCC(CC2)[C@@H](OC(=O)C(Nc2ccccc2)c2ccccc2)C3)cs1. The van der Waals surface area contributed by atoms with Gasteiger partial charge in [0.15, 0.2) is 12.1 Å². The van der Waals surface area contributed by atoms with E-state index < -0.39 is 6.04 Å². The number of rotatable bonds is 8. The van der Waals surface area contributed by atoms with Crippen LogP contribution in [0.15, 0.2) is 72.1 Å². The third-order valence-corrected chi connectivity index (χ3v) is 8.16. The molecule has 3 aromatic rings. The lowest BCUT2D eigenvalue weighted by Crippen LogP contribution is -2.65. The summed E-state index contributed by atoms with van der Waals surface area (Å²) < 4.78 is 6.93. The topological polar surface area (TPSA) is 55.4 Å². The number of hydrogen-bond acceptors (Lipinski definition) is 5. The highest BCUT2D eigenvalue weighted by molar-refractivity contribution is 7.10. The van der Waals surface area contributed by atoms with Crippen LogP contribution < -0.4 is 5.32 Å². The second kappa shape index (κ2) is 9.72. The molecule has 2 aromatic carbocycles. The van der Waals surface area contributed by atoms with E-state index in [0.29, 0.717) is 12.5 Å². The normalized spacial score (nSPS) is 24.4. The average molecular weight is 476 g/mol. The van der Waals surface area contributed by atoms with Crippen molar-refractivity contribution in [3.05, 3.63) is 88.1 Å². The zero-order valence-corrected chi connectivity index (χ0v) is 20.3. The van der Waals surface area contributed by atoms with E-state index in [2.05, 4.69) is 5.32 Å². The Kier molecular flexibility index (Phi) is 6.53. The number of ether oxygens (including phenoxy) is 1. The number of fused-ring (bicyclic) bond motifs is 3. The molecule has 0 radical (unpaired) electrons. The first-order chi connectivity index (χ1) is 16.5. The van der Waals surface area contributed by atoms with Gasteiger partial charge in [0.1, 0.15) is 13.1 Å². The fourth-order valence-corrected chi connectivity index (χ4v) is 6.11. The quantitative estimate of drug-likeness (QED) is 0.275. The summed E-state index contributed by atoms with van der Waals surface area (Å²) >= 11 is 1.62. The van der Waals surface area contributed by atoms with Crippen molar-refractivity contribution in [3.63, 3.8) is 0 Å². The molecule has 1 aromatic heterocycles. The van der Waals surface area contributed by atoms with Gasteiger partial charge in [-0.2, -0.15) is 0 Å². The Balaban J connectivity index is 1.31. The maximum atomic E-state index is 13.5. The number of nitrogens with zero attached hydrogens (tertiary/aromatic N) is 1. The summed E-state index contributed by atoms with van der Waals surface area (Å²) in [6.07, 6.45) is 1.84. The van der Waals surface area contributed by atoms with Crippen molar-refractivity contribution in [1.29, 1.82) is 0 Å². The Hall–Kier alpha value is -2.96. The number of para-hydroxylation sites is 1. The van der Waals surface area contributed by atoms with Gasteiger partial charge in [0, 0.05) is 40.3 Å². The van der Waals surface area contributed by atoms with Gasteiger partial charge in [-0.3, -0.25) is 4.79 Å². The second-order valence-electron chi connectivity index (χ2n) is 9.67. The fourth-order valence-electron chi connectivity index (χ4n) is 5.40. The molecule has 3 saturated heterocycles. The molecule has 4 heterocycles. The van der Waals surface area contributed by atoms with Crippen molar-refractivity contribution in [2.75, 3.05) is 31.5 Å². The number of esters is 1. The number of ketones is 1. The largest absolute Gasteiger partial charge is 0.454 e. The molecule has 6 heteroatoms. The molecule has 3 aliphatic heterocycles. The molecule has 0 spiro atoms. The molecule has 2 atom stereocenters. The molecule has 0 amide bonds. The van der Waals surface area contributed by atoms with Crippen LogP contribution in [-0.4, -0.2) is 48.5 Å². The van der Waals surface area contributed by atoms with E-state index >= 15 is 0 Å². The van der Waals surface area contributed by atoms with E-state index in [1.165, 1.54) is 0 Å². The number of nitrogens with one attached hydrogen (secondary N) is 1. The summed E-state index contributed by atoms with van der Waals surface area (Å²) in [5.41, 5.74) is 2.57. The molecule has 0 saturated carbocycles. The first-order valence-electron chi connectivity index (χ1n) is 12.0. The van der Waals surface area contributed by atoms with Crippen molar-refractivity contribution < 1.29 is 18.8 Å². The molecular formula is C28H31N2O3S+. The van der Waals surface area contributed by atoms with Crippen LogP contribution in [0.1, 0.15) is 39.7 Å². The third-order valence-electron chi connectivity index (χ3n) is 7.29. The summed E-state index contributed by atoms with van der Waals surface area (Å²) in [4.78, 5) is 27.7. The minimum Gasteiger partial charge on any atom is -0.454 e. The van der Waals surface area contributed by atoms with E-state index in [4.69, 9.17) is 4.74 Å². The summed E-state index contributed by atoms with van der Waals surface area (Å²) in [6.45, 7) is 5.21. The van der Waals surface area contributed by atoms with Crippen molar-refractivity contribution in [2.45, 2.75) is 31.9 Å². The molecule has 1 N–H and O–H groups in total. The molecule has 3 aliphatic rings. The standard InChI is InChI=1S/C28H31N2O3S/c1-20-16-23(19-34-20)25(31)17-30-14-12-21(13-15-30)26(18-30)33-28(32)27(22-8-4-2-5-9-22)29-24-10-6-3-7-11-24/h2-11,16,19,21,26-27,29H,12-15,17-18H2,1H3/q+1/t21?,26-,27?,30?/m0/s1. The van der Waals surface area contributed by atoms with Crippen LogP contribution in [0.5, 0.6) is 0 Å². The maximum absolute atomic E-state index is 13.5. The molecule has 1 unspecified atom stereocenters. The number of anilines is 1. The number of hydrogen-bond donors (Lipinski definition) is 1. The summed E-state index contributed by atoms with van der Waals surface area (Å²) in [7, 11) is 0. The molecular weight excluding hydrogens is 444 g/mol. The van der Waals surface area contributed by atoms with Crippen LogP contribution in [0.4, 0.5) is 5.69 Å². The van der Waals surface area contributed by atoms with Gasteiger partial charge < -0.3 is 14.5 Å². The monoisotopic (exact) mass is 475 g/mol. The minimum atomic E-state index is -0.581. The summed E-state index contributed by atoms with van der Waals surface area (Å²) in [5.74, 6) is 0.310. The van der Waals surface area contributed by atoms with Gasteiger partial charge >= 0.3 is 5.97 Å².